The molecule has 0 aliphatic rings. The largest absolute Gasteiger partial charge is 0.480 e. The second kappa shape index (κ2) is 6.26. The van der Waals surface area contributed by atoms with Crippen LogP contribution in [0.2, 0.25) is 0 Å². The molecule has 3 N–H and O–H groups in total. The smallest absolute Gasteiger partial charge is 0.320 e. The van der Waals surface area contributed by atoms with Crippen LogP contribution < -0.4 is 5.73 Å². The number of aliphatic carboxylic acids is 1. The van der Waals surface area contributed by atoms with Gasteiger partial charge in [0.15, 0.2) is 7.37 Å². The van der Waals surface area contributed by atoms with Gasteiger partial charge in [0.25, 0.3) is 0 Å². The fourth-order valence-electron chi connectivity index (χ4n) is 0.868. The van der Waals surface area contributed by atoms with E-state index in [0.29, 0.717) is 12.5 Å². The van der Waals surface area contributed by atoms with Crippen LogP contribution in [0.5, 0.6) is 0 Å². The van der Waals surface area contributed by atoms with Gasteiger partial charge in [-0.2, -0.15) is 0 Å². The lowest BCUT2D eigenvalue weighted by Gasteiger charge is -2.16. The zero-order valence-electron chi connectivity index (χ0n) is 9.47. The first-order valence-electron chi connectivity index (χ1n) is 4.94. The highest BCUT2D eigenvalue weighted by Gasteiger charge is 2.20. The number of hydrogen-bond acceptors (Lipinski definition) is 4. The van der Waals surface area contributed by atoms with Crippen LogP contribution in [0.3, 0.4) is 0 Å². The molecule has 0 saturated carbocycles. The average Bonchev–Trinajstić information content (AvgIpc) is 2.11. The van der Waals surface area contributed by atoms with Crippen molar-refractivity contribution in [1.29, 1.82) is 0 Å². The van der Waals surface area contributed by atoms with E-state index < -0.39 is 19.4 Å². The molecule has 15 heavy (non-hydrogen) atoms. The molecule has 0 aliphatic heterocycles. The molecular formula is C9H20NO4P. The van der Waals surface area contributed by atoms with Crippen LogP contribution in [-0.4, -0.2) is 36.6 Å². The highest BCUT2D eigenvalue weighted by Crippen LogP contribution is 2.43. The van der Waals surface area contributed by atoms with E-state index in [0.717, 1.165) is 0 Å². The van der Waals surface area contributed by atoms with E-state index in [2.05, 4.69) is 0 Å². The summed E-state index contributed by atoms with van der Waals surface area (Å²) >= 11 is 0. The third-order valence-electron chi connectivity index (χ3n) is 1.84. The minimum Gasteiger partial charge on any atom is -0.480 e. The molecule has 0 saturated heterocycles. The van der Waals surface area contributed by atoms with Gasteiger partial charge >= 0.3 is 5.97 Å². The van der Waals surface area contributed by atoms with Crippen molar-refractivity contribution in [2.24, 2.45) is 11.7 Å². The molecule has 0 aliphatic carbocycles. The van der Waals surface area contributed by atoms with E-state index in [9.17, 15) is 9.36 Å². The van der Waals surface area contributed by atoms with Crippen LogP contribution in [0.15, 0.2) is 0 Å². The maximum atomic E-state index is 11.8. The zero-order chi connectivity index (χ0) is 12.1. The number of hydrogen-bond donors (Lipinski definition) is 2. The van der Waals surface area contributed by atoms with Gasteiger partial charge in [-0.25, -0.2) is 0 Å². The summed E-state index contributed by atoms with van der Waals surface area (Å²) in [6, 6.07) is -0.957. The normalized spacial score (nSPS) is 17.4. The number of carboxylic acid groups (broad SMARTS) is 1. The molecule has 0 bridgehead atoms. The van der Waals surface area contributed by atoms with E-state index in [1.807, 2.05) is 13.8 Å². The Morgan fingerprint density at radius 1 is 1.53 bits per heavy atom. The van der Waals surface area contributed by atoms with E-state index in [-0.39, 0.29) is 12.6 Å². The number of carboxylic acids is 1. The van der Waals surface area contributed by atoms with E-state index >= 15 is 0 Å². The van der Waals surface area contributed by atoms with Crippen LogP contribution in [-0.2, 0) is 13.9 Å². The predicted octanol–water partition coefficient (Wildman–Crippen LogP) is 1.37. The van der Waals surface area contributed by atoms with E-state index in [4.69, 9.17) is 15.4 Å². The zero-order valence-corrected chi connectivity index (χ0v) is 10.4. The van der Waals surface area contributed by atoms with Crippen molar-refractivity contribution in [3.05, 3.63) is 0 Å². The minimum absolute atomic E-state index is 0.182. The van der Waals surface area contributed by atoms with Gasteiger partial charge in [0, 0.05) is 12.8 Å². The maximum Gasteiger partial charge on any atom is 0.320 e. The molecule has 6 heteroatoms. The van der Waals surface area contributed by atoms with Gasteiger partial charge in [-0.1, -0.05) is 13.8 Å². The van der Waals surface area contributed by atoms with Crippen LogP contribution >= 0.6 is 7.37 Å². The average molecular weight is 237 g/mol. The van der Waals surface area contributed by atoms with Crippen molar-refractivity contribution in [2.45, 2.75) is 26.3 Å². The Labute approximate surface area is 90.4 Å². The van der Waals surface area contributed by atoms with Crippen molar-refractivity contribution >= 4 is 13.3 Å². The molecule has 0 amide bonds. The maximum absolute atomic E-state index is 11.8. The second-order valence-corrected chi connectivity index (χ2v) is 6.89. The fraction of sp³-hybridized carbons (Fsp3) is 0.889. The SMILES string of the molecule is CC(C)COP(C)(=O)CCC(N)C(=O)O. The van der Waals surface area contributed by atoms with E-state index in [1.54, 1.807) is 0 Å². The Morgan fingerprint density at radius 2 is 2.07 bits per heavy atom. The van der Waals surface area contributed by atoms with Gasteiger partial charge in [0.2, 0.25) is 0 Å². The Morgan fingerprint density at radius 3 is 2.47 bits per heavy atom. The van der Waals surface area contributed by atoms with Crippen molar-refractivity contribution in [3.63, 3.8) is 0 Å². The van der Waals surface area contributed by atoms with Crippen LogP contribution in [0, 0.1) is 5.92 Å². The molecule has 2 atom stereocenters. The number of carbonyl (C=O) groups is 1. The van der Waals surface area contributed by atoms with Crippen LogP contribution in [0.25, 0.3) is 0 Å². The second-order valence-electron chi connectivity index (χ2n) is 4.16. The summed E-state index contributed by atoms with van der Waals surface area (Å²) in [5.41, 5.74) is 5.30. The first kappa shape index (κ1) is 14.6. The lowest BCUT2D eigenvalue weighted by atomic mass is 10.2. The summed E-state index contributed by atoms with van der Waals surface area (Å²) in [5, 5.41) is 8.54. The van der Waals surface area contributed by atoms with Gasteiger partial charge < -0.3 is 15.4 Å². The van der Waals surface area contributed by atoms with Gasteiger partial charge in [-0.15, -0.1) is 0 Å². The summed E-state index contributed by atoms with van der Waals surface area (Å²) < 4.78 is 17.0. The van der Waals surface area contributed by atoms with E-state index in [1.165, 1.54) is 6.66 Å². The van der Waals surface area contributed by atoms with Crippen molar-refractivity contribution in [1.82, 2.24) is 0 Å². The monoisotopic (exact) mass is 237 g/mol. The minimum atomic E-state index is -2.68. The molecule has 2 unspecified atom stereocenters. The highest BCUT2D eigenvalue weighted by molar-refractivity contribution is 7.58. The van der Waals surface area contributed by atoms with Crippen LogP contribution in [0.4, 0.5) is 0 Å². The summed E-state index contributed by atoms with van der Waals surface area (Å²) in [6.45, 7) is 5.87. The quantitative estimate of drug-likeness (QED) is 0.653. The Kier molecular flexibility index (Phi) is 6.10. The molecule has 0 aromatic rings. The molecule has 0 heterocycles. The standard InChI is InChI=1S/C9H20NO4P/c1-7(2)6-14-15(3,13)5-4-8(10)9(11)12/h7-8H,4-6,10H2,1-3H3,(H,11,12). The lowest BCUT2D eigenvalue weighted by Crippen LogP contribution is -2.30. The number of nitrogens with two attached hydrogens (primary N) is 1. The van der Waals surface area contributed by atoms with Crippen molar-refractivity contribution in [3.8, 4) is 0 Å². The topological polar surface area (TPSA) is 89.6 Å². The summed E-state index contributed by atoms with van der Waals surface area (Å²) in [7, 11) is -2.68. The van der Waals surface area contributed by atoms with Crippen molar-refractivity contribution in [2.75, 3.05) is 19.4 Å². The Bertz CT molecular complexity index is 254. The number of rotatable bonds is 7. The summed E-state index contributed by atoms with van der Waals surface area (Å²) in [4.78, 5) is 10.4. The predicted molar refractivity (Wildman–Crippen MR) is 59.4 cm³/mol. The Balaban J connectivity index is 3.93. The van der Waals surface area contributed by atoms with Crippen molar-refractivity contribution < 1.29 is 19.0 Å². The van der Waals surface area contributed by atoms with Gasteiger partial charge in [-0.3, -0.25) is 9.36 Å². The summed E-state index contributed by atoms with van der Waals surface area (Å²) in [5.74, 6) is -0.759. The summed E-state index contributed by atoms with van der Waals surface area (Å²) in [6.07, 6.45) is 0.397. The molecule has 0 aromatic carbocycles. The molecule has 0 aromatic heterocycles. The molecule has 0 radical (unpaired) electrons. The molecular weight excluding hydrogens is 217 g/mol. The third-order valence-corrected chi connectivity index (χ3v) is 3.61. The van der Waals surface area contributed by atoms with Crippen LogP contribution in [0.1, 0.15) is 20.3 Å². The first-order chi connectivity index (χ1) is 6.74. The lowest BCUT2D eigenvalue weighted by molar-refractivity contribution is -0.138. The van der Waals surface area contributed by atoms with Gasteiger partial charge in [-0.05, 0) is 12.3 Å². The molecule has 0 rings (SSSR count). The Hall–Kier alpha value is -0.380. The van der Waals surface area contributed by atoms with Gasteiger partial charge in [0.05, 0.1) is 6.61 Å². The molecule has 5 nitrogen and oxygen atoms in total. The third kappa shape index (κ3) is 7.54. The highest BCUT2D eigenvalue weighted by atomic mass is 31.2. The molecule has 0 fully saturated rings. The fourth-order valence-corrected chi connectivity index (χ4v) is 2.36. The first-order valence-corrected chi connectivity index (χ1v) is 7.20. The molecule has 90 valence electrons. The molecule has 0 spiro atoms. The van der Waals surface area contributed by atoms with Gasteiger partial charge in [0.1, 0.15) is 6.04 Å².